The van der Waals surface area contributed by atoms with Crippen LogP contribution in [0.1, 0.15) is 27.2 Å². The zero-order valence-corrected chi connectivity index (χ0v) is 12.5. The third kappa shape index (κ3) is 3.84. The molecule has 96 valence electrons. The Hall–Kier alpha value is -0.840. The molecule has 17 heavy (non-hydrogen) atoms. The minimum atomic E-state index is -0.0383. The highest BCUT2D eigenvalue weighted by atomic mass is 79.9. The molecule has 1 aromatic rings. The van der Waals surface area contributed by atoms with Gasteiger partial charge in [0.25, 0.3) is 0 Å². The van der Waals surface area contributed by atoms with Crippen LogP contribution in [0, 0.1) is 0 Å². The molecule has 4 nitrogen and oxygen atoms in total. The van der Waals surface area contributed by atoms with Crippen molar-refractivity contribution < 1.29 is 4.74 Å². The first-order chi connectivity index (χ1) is 8.01. The van der Waals surface area contributed by atoms with Gasteiger partial charge in [0.2, 0.25) is 11.8 Å². The van der Waals surface area contributed by atoms with E-state index < -0.39 is 0 Å². The predicted molar refractivity (Wildman–Crippen MR) is 74.1 cm³/mol. The summed E-state index contributed by atoms with van der Waals surface area (Å²) in [7, 11) is 1.99. The van der Waals surface area contributed by atoms with E-state index in [1.54, 1.807) is 12.3 Å². The van der Waals surface area contributed by atoms with E-state index in [1.807, 2.05) is 11.9 Å². The van der Waals surface area contributed by atoms with Gasteiger partial charge in [0.05, 0.1) is 6.61 Å². The number of alkyl halides is 1. The number of hydrogen-bond donors (Lipinski definition) is 0. The molecule has 0 saturated carbocycles. The Morgan fingerprint density at radius 1 is 1.47 bits per heavy atom. The quantitative estimate of drug-likeness (QED) is 0.757. The standard InChI is InChI=1S/C12H20BrN3O/c1-5-8-17-10-6-7-14-11(15-10)16(4)12(2,3)9-13/h6-7H,5,8-9H2,1-4H3. The van der Waals surface area contributed by atoms with Crippen LogP contribution in [0.4, 0.5) is 5.95 Å². The molecule has 1 aromatic heterocycles. The molecule has 0 aliphatic carbocycles. The number of ether oxygens (including phenoxy) is 1. The average molecular weight is 302 g/mol. The highest BCUT2D eigenvalue weighted by molar-refractivity contribution is 9.09. The second-order valence-electron chi connectivity index (χ2n) is 4.55. The molecule has 0 amide bonds. The van der Waals surface area contributed by atoms with Gasteiger partial charge < -0.3 is 9.64 Å². The first-order valence-electron chi connectivity index (χ1n) is 5.77. The van der Waals surface area contributed by atoms with Crippen molar-refractivity contribution in [2.24, 2.45) is 0 Å². The fraction of sp³-hybridized carbons (Fsp3) is 0.667. The third-order valence-corrected chi connectivity index (χ3v) is 3.98. The Kier molecular flexibility index (Phi) is 5.18. The number of nitrogens with zero attached hydrogens (tertiary/aromatic N) is 3. The van der Waals surface area contributed by atoms with Crippen LogP contribution in [0.2, 0.25) is 0 Å². The molecule has 0 saturated heterocycles. The molecule has 0 radical (unpaired) electrons. The first kappa shape index (κ1) is 14.2. The van der Waals surface area contributed by atoms with Crippen molar-refractivity contribution in [1.82, 2.24) is 9.97 Å². The van der Waals surface area contributed by atoms with Crippen LogP contribution in [0.3, 0.4) is 0 Å². The van der Waals surface area contributed by atoms with E-state index in [2.05, 4.69) is 46.7 Å². The van der Waals surface area contributed by atoms with Gasteiger partial charge in [-0.05, 0) is 20.3 Å². The van der Waals surface area contributed by atoms with Crippen LogP contribution in [0.5, 0.6) is 5.88 Å². The van der Waals surface area contributed by atoms with Gasteiger partial charge in [0, 0.05) is 30.2 Å². The van der Waals surface area contributed by atoms with Crippen LogP contribution in [0.15, 0.2) is 12.3 Å². The van der Waals surface area contributed by atoms with E-state index in [-0.39, 0.29) is 5.54 Å². The Bertz CT molecular complexity index is 357. The summed E-state index contributed by atoms with van der Waals surface area (Å²) in [5, 5.41) is 0.847. The SMILES string of the molecule is CCCOc1ccnc(N(C)C(C)(C)CBr)n1. The Morgan fingerprint density at radius 2 is 2.18 bits per heavy atom. The molecule has 0 spiro atoms. The molecule has 0 aliphatic heterocycles. The van der Waals surface area contributed by atoms with Crippen molar-refractivity contribution in [2.45, 2.75) is 32.7 Å². The number of anilines is 1. The smallest absolute Gasteiger partial charge is 0.228 e. The predicted octanol–water partition coefficient (Wildman–Crippen LogP) is 2.88. The van der Waals surface area contributed by atoms with Gasteiger partial charge in [-0.1, -0.05) is 22.9 Å². The van der Waals surface area contributed by atoms with Crippen LogP contribution < -0.4 is 9.64 Å². The summed E-state index contributed by atoms with van der Waals surface area (Å²) in [6.45, 7) is 7.01. The monoisotopic (exact) mass is 301 g/mol. The number of rotatable bonds is 6. The second kappa shape index (κ2) is 6.19. The zero-order chi connectivity index (χ0) is 12.9. The van der Waals surface area contributed by atoms with E-state index in [0.29, 0.717) is 18.4 Å². The van der Waals surface area contributed by atoms with Gasteiger partial charge in [0.1, 0.15) is 0 Å². The van der Waals surface area contributed by atoms with E-state index in [4.69, 9.17) is 4.74 Å². The maximum Gasteiger partial charge on any atom is 0.228 e. The summed E-state index contributed by atoms with van der Waals surface area (Å²) < 4.78 is 5.50. The van der Waals surface area contributed by atoms with Crippen molar-refractivity contribution in [3.8, 4) is 5.88 Å². The second-order valence-corrected chi connectivity index (χ2v) is 5.11. The highest BCUT2D eigenvalue weighted by Crippen LogP contribution is 2.21. The molecule has 0 N–H and O–H groups in total. The molecule has 1 rings (SSSR count). The molecule has 0 unspecified atom stereocenters. The van der Waals surface area contributed by atoms with Crippen LogP contribution in [-0.4, -0.2) is 34.5 Å². The number of hydrogen-bond acceptors (Lipinski definition) is 4. The lowest BCUT2D eigenvalue weighted by atomic mass is 10.1. The summed E-state index contributed by atoms with van der Waals surface area (Å²) in [6, 6.07) is 1.79. The topological polar surface area (TPSA) is 38.2 Å². The largest absolute Gasteiger partial charge is 0.478 e. The fourth-order valence-electron chi connectivity index (χ4n) is 1.14. The molecule has 0 aromatic carbocycles. The summed E-state index contributed by atoms with van der Waals surface area (Å²) in [5.74, 6) is 1.32. The number of aromatic nitrogens is 2. The van der Waals surface area contributed by atoms with Crippen molar-refractivity contribution in [3.63, 3.8) is 0 Å². The van der Waals surface area contributed by atoms with Crippen molar-refractivity contribution >= 4 is 21.9 Å². The Morgan fingerprint density at radius 3 is 2.76 bits per heavy atom. The lowest BCUT2D eigenvalue weighted by Gasteiger charge is -2.34. The lowest BCUT2D eigenvalue weighted by Crippen LogP contribution is -2.43. The van der Waals surface area contributed by atoms with Crippen LogP contribution >= 0.6 is 15.9 Å². The maximum absolute atomic E-state index is 5.50. The molecular weight excluding hydrogens is 282 g/mol. The minimum absolute atomic E-state index is 0.0383. The van der Waals surface area contributed by atoms with E-state index in [0.717, 1.165) is 11.8 Å². The van der Waals surface area contributed by atoms with E-state index >= 15 is 0 Å². The molecule has 0 atom stereocenters. The summed E-state index contributed by atoms with van der Waals surface area (Å²) in [5.41, 5.74) is -0.0383. The molecule has 1 heterocycles. The van der Waals surface area contributed by atoms with Gasteiger partial charge in [-0.3, -0.25) is 0 Å². The van der Waals surface area contributed by atoms with Crippen LogP contribution in [0.25, 0.3) is 0 Å². The summed E-state index contributed by atoms with van der Waals surface area (Å²) >= 11 is 3.50. The number of halogens is 1. The van der Waals surface area contributed by atoms with Gasteiger partial charge in [-0.2, -0.15) is 4.98 Å². The van der Waals surface area contributed by atoms with Gasteiger partial charge >= 0.3 is 0 Å². The van der Waals surface area contributed by atoms with Gasteiger partial charge in [-0.15, -0.1) is 0 Å². The minimum Gasteiger partial charge on any atom is -0.478 e. The summed E-state index contributed by atoms with van der Waals surface area (Å²) in [6.07, 6.45) is 2.70. The average Bonchev–Trinajstić information content (AvgIpc) is 2.35. The Labute approximate surface area is 112 Å². The molecule has 0 bridgehead atoms. The fourth-order valence-corrected chi connectivity index (χ4v) is 1.52. The zero-order valence-electron chi connectivity index (χ0n) is 10.9. The highest BCUT2D eigenvalue weighted by Gasteiger charge is 2.24. The molecule has 0 fully saturated rings. The normalized spacial score (nSPS) is 11.4. The Balaban J connectivity index is 2.84. The van der Waals surface area contributed by atoms with Gasteiger partial charge in [0.15, 0.2) is 0 Å². The first-order valence-corrected chi connectivity index (χ1v) is 6.89. The molecule has 0 aliphatic rings. The third-order valence-electron chi connectivity index (χ3n) is 2.61. The van der Waals surface area contributed by atoms with Crippen molar-refractivity contribution in [1.29, 1.82) is 0 Å². The molecule has 5 heteroatoms. The van der Waals surface area contributed by atoms with E-state index in [9.17, 15) is 0 Å². The van der Waals surface area contributed by atoms with Crippen molar-refractivity contribution in [3.05, 3.63) is 12.3 Å². The maximum atomic E-state index is 5.50. The summed E-state index contributed by atoms with van der Waals surface area (Å²) in [4.78, 5) is 10.7. The lowest BCUT2D eigenvalue weighted by molar-refractivity contribution is 0.304. The van der Waals surface area contributed by atoms with Crippen LogP contribution in [-0.2, 0) is 0 Å². The van der Waals surface area contributed by atoms with Crippen molar-refractivity contribution in [2.75, 3.05) is 23.9 Å². The van der Waals surface area contributed by atoms with E-state index in [1.165, 1.54) is 0 Å². The molecular formula is C12H20BrN3O. The van der Waals surface area contributed by atoms with Gasteiger partial charge in [-0.25, -0.2) is 4.98 Å².